The van der Waals surface area contributed by atoms with Gasteiger partial charge in [0.05, 0.1) is 6.61 Å². The maximum absolute atomic E-state index is 8.83. The summed E-state index contributed by atoms with van der Waals surface area (Å²) in [5.74, 6) is 1.28. The number of halogens is 1. The van der Waals surface area contributed by atoms with Crippen LogP contribution in [0.2, 0.25) is 0 Å². The lowest BCUT2D eigenvalue weighted by molar-refractivity contribution is 0.318. The smallest absolute Gasteiger partial charge is 0.488 e. The van der Waals surface area contributed by atoms with E-state index in [0.29, 0.717) is 23.7 Å². The molecular formula is C9H12BClO3. The van der Waals surface area contributed by atoms with E-state index < -0.39 is 7.12 Å². The maximum Gasteiger partial charge on any atom is 0.488 e. The van der Waals surface area contributed by atoms with E-state index in [0.717, 1.165) is 6.42 Å². The third-order valence-electron chi connectivity index (χ3n) is 1.72. The Morgan fingerprint density at radius 1 is 1.21 bits per heavy atom. The van der Waals surface area contributed by atoms with Crippen LogP contribution < -0.4 is 10.2 Å². The molecule has 0 aliphatic rings. The number of benzene rings is 1. The number of hydrogen-bond acceptors (Lipinski definition) is 3. The first kappa shape index (κ1) is 11.4. The second kappa shape index (κ2) is 5.91. The molecule has 2 N–H and O–H groups in total. The summed E-state index contributed by atoms with van der Waals surface area (Å²) in [6.45, 7) is 0.574. The molecule has 0 atom stereocenters. The summed E-state index contributed by atoms with van der Waals surface area (Å²) in [6, 6.07) is 6.62. The second-order valence-electron chi connectivity index (χ2n) is 2.83. The first-order valence-electron chi connectivity index (χ1n) is 4.39. The van der Waals surface area contributed by atoms with Crippen LogP contribution in [0.4, 0.5) is 0 Å². The van der Waals surface area contributed by atoms with Crippen molar-refractivity contribution in [2.24, 2.45) is 0 Å². The van der Waals surface area contributed by atoms with Crippen LogP contribution in [-0.4, -0.2) is 29.7 Å². The van der Waals surface area contributed by atoms with E-state index in [2.05, 4.69) is 0 Å². The first-order chi connectivity index (χ1) is 6.74. The van der Waals surface area contributed by atoms with E-state index in [4.69, 9.17) is 26.4 Å². The minimum Gasteiger partial charge on any atom is -0.494 e. The van der Waals surface area contributed by atoms with E-state index in [1.54, 1.807) is 24.3 Å². The standard InChI is InChI=1S/C9H12BClO3/c11-6-1-7-14-9-4-2-8(3-5-9)10(12)13/h2-5,12-13H,1,6-7H2. The van der Waals surface area contributed by atoms with Crippen LogP contribution >= 0.6 is 11.6 Å². The van der Waals surface area contributed by atoms with Crippen molar-refractivity contribution < 1.29 is 14.8 Å². The predicted molar refractivity (Wildman–Crippen MR) is 57.1 cm³/mol. The van der Waals surface area contributed by atoms with Crippen LogP contribution in [0.15, 0.2) is 24.3 Å². The third kappa shape index (κ3) is 3.58. The van der Waals surface area contributed by atoms with Crippen LogP contribution in [0.25, 0.3) is 0 Å². The molecule has 0 aliphatic heterocycles. The van der Waals surface area contributed by atoms with Crippen molar-refractivity contribution in [2.45, 2.75) is 6.42 Å². The largest absolute Gasteiger partial charge is 0.494 e. The van der Waals surface area contributed by atoms with E-state index >= 15 is 0 Å². The topological polar surface area (TPSA) is 49.7 Å². The van der Waals surface area contributed by atoms with Crippen molar-refractivity contribution in [1.82, 2.24) is 0 Å². The summed E-state index contributed by atoms with van der Waals surface area (Å²) in [7, 11) is -1.42. The monoisotopic (exact) mass is 214 g/mol. The van der Waals surface area contributed by atoms with E-state index in [9.17, 15) is 0 Å². The summed E-state index contributed by atoms with van der Waals surface area (Å²) < 4.78 is 5.33. The Kier molecular flexibility index (Phi) is 4.80. The SMILES string of the molecule is OB(O)c1ccc(OCCCCl)cc1. The maximum atomic E-state index is 8.83. The quantitative estimate of drug-likeness (QED) is 0.423. The Balaban J connectivity index is 2.47. The van der Waals surface area contributed by atoms with Crippen LogP contribution in [0.1, 0.15) is 6.42 Å². The fourth-order valence-corrected chi connectivity index (χ4v) is 1.09. The Morgan fingerprint density at radius 2 is 1.86 bits per heavy atom. The number of hydrogen-bond donors (Lipinski definition) is 2. The van der Waals surface area contributed by atoms with Gasteiger partial charge in [-0.05, 0) is 24.0 Å². The molecule has 76 valence electrons. The Bertz CT molecular complexity index is 263. The molecule has 0 aromatic heterocycles. The molecule has 0 saturated heterocycles. The molecule has 0 heterocycles. The van der Waals surface area contributed by atoms with Gasteiger partial charge in [-0.25, -0.2) is 0 Å². The summed E-state index contributed by atoms with van der Waals surface area (Å²) in [6.07, 6.45) is 0.798. The summed E-state index contributed by atoms with van der Waals surface area (Å²) in [5, 5.41) is 17.7. The average molecular weight is 214 g/mol. The fourth-order valence-electron chi connectivity index (χ4n) is 0.981. The molecule has 0 fully saturated rings. The molecule has 0 unspecified atom stereocenters. The fraction of sp³-hybridized carbons (Fsp3) is 0.333. The summed E-state index contributed by atoms with van der Waals surface area (Å²) >= 11 is 5.49. The first-order valence-corrected chi connectivity index (χ1v) is 4.92. The minimum absolute atomic E-state index is 0.453. The molecule has 1 aromatic rings. The van der Waals surface area contributed by atoms with Crippen molar-refractivity contribution >= 4 is 24.2 Å². The van der Waals surface area contributed by atoms with Crippen LogP contribution in [-0.2, 0) is 0 Å². The van der Waals surface area contributed by atoms with Crippen molar-refractivity contribution in [1.29, 1.82) is 0 Å². The zero-order chi connectivity index (χ0) is 10.4. The second-order valence-corrected chi connectivity index (χ2v) is 3.21. The van der Waals surface area contributed by atoms with Gasteiger partial charge >= 0.3 is 7.12 Å². The van der Waals surface area contributed by atoms with Crippen LogP contribution in [0.5, 0.6) is 5.75 Å². The Morgan fingerprint density at radius 3 is 2.36 bits per heavy atom. The summed E-state index contributed by atoms with van der Waals surface area (Å²) in [5.41, 5.74) is 0.453. The van der Waals surface area contributed by atoms with Gasteiger partial charge < -0.3 is 14.8 Å². The highest BCUT2D eigenvalue weighted by Gasteiger charge is 2.09. The van der Waals surface area contributed by atoms with Gasteiger partial charge in [-0.1, -0.05) is 12.1 Å². The van der Waals surface area contributed by atoms with Crippen molar-refractivity contribution in [3.8, 4) is 5.75 Å². The predicted octanol–water partition coefficient (Wildman–Crippen LogP) is 0.374. The Labute approximate surface area is 88.4 Å². The van der Waals surface area contributed by atoms with Gasteiger partial charge in [0.1, 0.15) is 5.75 Å². The minimum atomic E-state index is -1.42. The highest BCUT2D eigenvalue weighted by atomic mass is 35.5. The van der Waals surface area contributed by atoms with Gasteiger partial charge in [0.2, 0.25) is 0 Å². The lowest BCUT2D eigenvalue weighted by atomic mass is 9.80. The van der Waals surface area contributed by atoms with E-state index in [1.165, 1.54) is 0 Å². The highest BCUT2D eigenvalue weighted by Crippen LogP contribution is 2.07. The van der Waals surface area contributed by atoms with E-state index in [-0.39, 0.29) is 0 Å². The lowest BCUT2D eigenvalue weighted by Gasteiger charge is -2.05. The molecule has 3 nitrogen and oxygen atoms in total. The third-order valence-corrected chi connectivity index (χ3v) is 1.99. The molecule has 0 aliphatic carbocycles. The van der Waals surface area contributed by atoms with Crippen LogP contribution in [0.3, 0.4) is 0 Å². The molecule has 14 heavy (non-hydrogen) atoms. The van der Waals surface area contributed by atoms with E-state index in [1.807, 2.05) is 0 Å². The van der Waals surface area contributed by atoms with Gasteiger partial charge in [0.25, 0.3) is 0 Å². The zero-order valence-corrected chi connectivity index (χ0v) is 8.44. The van der Waals surface area contributed by atoms with Crippen molar-refractivity contribution in [3.63, 3.8) is 0 Å². The lowest BCUT2D eigenvalue weighted by Crippen LogP contribution is -2.29. The normalized spacial score (nSPS) is 9.93. The molecule has 1 rings (SSSR count). The molecule has 0 amide bonds. The van der Waals surface area contributed by atoms with Gasteiger partial charge in [0, 0.05) is 5.88 Å². The molecule has 0 saturated carbocycles. The molecular weight excluding hydrogens is 202 g/mol. The van der Waals surface area contributed by atoms with Crippen molar-refractivity contribution in [2.75, 3.05) is 12.5 Å². The molecule has 0 bridgehead atoms. The van der Waals surface area contributed by atoms with Crippen LogP contribution in [0, 0.1) is 0 Å². The van der Waals surface area contributed by atoms with Gasteiger partial charge in [0.15, 0.2) is 0 Å². The molecule has 1 aromatic carbocycles. The summed E-state index contributed by atoms with van der Waals surface area (Å²) in [4.78, 5) is 0. The van der Waals surface area contributed by atoms with Gasteiger partial charge in [-0.15, -0.1) is 11.6 Å². The zero-order valence-electron chi connectivity index (χ0n) is 7.69. The number of rotatable bonds is 5. The van der Waals surface area contributed by atoms with Gasteiger partial charge in [-0.2, -0.15) is 0 Å². The molecule has 0 radical (unpaired) electrons. The van der Waals surface area contributed by atoms with Gasteiger partial charge in [-0.3, -0.25) is 0 Å². The highest BCUT2D eigenvalue weighted by molar-refractivity contribution is 6.58. The average Bonchev–Trinajstić information content (AvgIpc) is 2.19. The Hall–Kier alpha value is -0.705. The molecule has 0 spiro atoms. The van der Waals surface area contributed by atoms with Crippen molar-refractivity contribution in [3.05, 3.63) is 24.3 Å². The number of alkyl halides is 1. The number of ether oxygens (including phenoxy) is 1. The molecule has 5 heteroatoms.